The minimum atomic E-state index is -0.375. The summed E-state index contributed by atoms with van der Waals surface area (Å²) in [6, 6.07) is 16.2. The lowest BCUT2D eigenvalue weighted by molar-refractivity contribution is 0.626. The van der Waals surface area contributed by atoms with Gasteiger partial charge in [0.1, 0.15) is 17.5 Å². The summed E-state index contributed by atoms with van der Waals surface area (Å²) in [6.45, 7) is 0. The van der Waals surface area contributed by atoms with E-state index >= 15 is 0 Å². The van der Waals surface area contributed by atoms with Crippen LogP contribution in [0.15, 0.2) is 66.7 Å². The molecule has 0 nitrogen and oxygen atoms in total. The molecule has 104 valence electrons. The highest BCUT2D eigenvalue weighted by Crippen LogP contribution is 2.32. The molecule has 0 atom stereocenters. The van der Waals surface area contributed by atoms with Gasteiger partial charge in [-0.05, 0) is 58.7 Å². The monoisotopic (exact) mass is 284 g/mol. The lowest BCUT2D eigenvalue weighted by atomic mass is 9.94. The van der Waals surface area contributed by atoms with E-state index in [-0.39, 0.29) is 17.5 Å². The van der Waals surface area contributed by atoms with Gasteiger partial charge in [0.05, 0.1) is 0 Å². The predicted octanol–water partition coefficient (Wildman–Crippen LogP) is 5.44. The molecule has 0 fully saturated rings. The molecule has 3 heteroatoms. The van der Waals surface area contributed by atoms with Crippen molar-refractivity contribution in [1.29, 1.82) is 0 Å². The Bertz CT molecular complexity index is 759. The number of hydrogen-bond donors (Lipinski definition) is 0. The summed E-state index contributed by atoms with van der Waals surface area (Å²) in [7, 11) is 0. The Labute approximate surface area is 120 Å². The van der Waals surface area contributed by atoms with Crippen LogP contribution in [0, 0.1) is 17.5 Å². The average Bonchev–Trinajstić information content (AvgIpc) is 2.49. The Morgan fingerprint density at radius 2 is 0.857 bits per heavy atom. The second kappa shape index (κ2) is 5.44. The van der Waals surface area contributed by atoms with Crippen LogP contribution in [0.3, 0.4) is 0 Å². The molecule has 3 rings (SSSR count). The average molecular weight is 284 g/mol. The second-order valence-electron chi connectivity index (χ2n) is 4.70. The van der Waals surface area contributed by atoms with Crippen LogP contribution in [0.25, 0.3) is 22.3 Å². The Morgan fingerprint density at radius 3 is 1.38 bits per heavy atom. The van der Waals surface area contributed by atoms with Gasteiger partial charge in [0.15, 0.2) is 0 Å². The first kappa shape index (κ1) is 13.4. The minimum absolute atomic E-state index is 0.329. The first-order valence-corrected chi connectivity index (χ1v) is 6.45. The summed E-state index contributed by atoms with van der Waals surface area (Å²) in [6.07, 6.45) is 0. The molecule has 0 saturated carbocycles. The minimum Gasteiger partial charge on any atom is -0.207 e. The molecule has 0 amide bonds. The maximum atomic E-state index is 13.6. The summed E-state index contributed by atoms with van der Waals surface area (Å²) < 4.78 is 39.6. The van der Waals surface area contributed by atoms with Crippen LogP contribution in [0.2, 0.25) is 0 Å². The number of halogens is 3. The molecule has 3 aromatic carbocycles. The molecule has 0 aromatic heterocycles. The van der Waals surface area contributed by atoms with Crippen molar-refractivity contribution >= 4 is 0 Å². The van der Waals surface area contributed by atoms with Gasteiger partial charge in [-0.15, -0.1) is 0 Å². The van der Waals surface area contributed by atoms with Gasteiger partial charge >= 0.3 is 0 Å². The van der Waals surface area contributed by atoms with Gasteiger partial charge in [-0.3, -0.25) is 0 Å². The van der Waals surface area contributed by atoms with E-state index in [0.29, 0.717) is 11.1 Å². The zero-order valence-electron chi connectivity index (χ0n) is 11.0. The van der Waals surface area contributed by atoms with Gasteiger partial charge in [0.25, 0.3) is 0 Å². The van der Waals surface area contributed by atoms with E-state index in [2.05, 4.69) is 0 Å². The zero-order valence-corrected chi connectivity index (χ0v) is 11.0. The quantitative estimate of drug-likeness (QED) is 0.588. The zero-order chi connectivity index (χ0) is 14.8. The van der Waals surface area contributed by atoms with Gasteiger partial charge < -0.3 is 0 Å². The molecule has 0 heterocycles. The smallest absolute Gasteiger partial charge is 0.123 e. The summed E-state index contributed by atoms with van der Waals surface area (Å²) in [4.78, 5) is 0. The highest BCUT2D eigenvalue weighted by molar-refractivity contribution is 5.83. The molecule has 0 saturated heterocycles. The van der Waals surface area contributed by atoms with Crippen LogP contribution < -0.4 is 0 Å². The van der Waals surface area contributed by atoms with E-state index < -0.39 is 0 Å². The second-order valence-corrected chi connectivity index (χ2v) is 4.70. The van der Waals surface area contributed by atoms with Crippen molar-refractivity contribution in [2.75, 3.05) is 0 Å². The van der Waals surface area contributed by atoms with Crippen molar-refractivity contribution in [3.8, 4) is 22.3 Å². The fraction of sp³-hybridized carbons (Fsp3) is 0. The summed E-state index contributed by atoms with van der Waals surface area (Å²) >= 11 is 0. The molecule has 3 aromatic rings. The third-order valence-electron chi connectivity index (χ3n) is 3.29. The predicted molar refractivity (Wildman–Crippen MR) is 77.2 cm³/mol. The van der Waals surface area contributed by atoms with Crippen LogP contribution in [-0.2, 0) is 0 Å². The van der Waals surface area contributed by atoms with E-state index in [1.54, 1.807) is 30.3 Å². The first-order chi connectivity index (χ1) is 10.1. The van der Waals surface area contributed by atoms with Crippen LogP contribution in [0.4, 0.5) is 13.2 Å². The third-order valence-corrected chi connectivity index (χ3v) is 3.29. The topological polar surface area (TPSA) is 0 Å². The molecule has 0 unspecified atom stereocenters. The van der Waals surface area contributed by atoms with Crippen molar-refractivity contribution in [1.82, 2.24) is 0 Å². The maximum absolute atomic E-state index is 13.6. The molecular formula is C18H11F3. The lowest BCUT2D eigenvalue weighted by Gasteiger charge is -2.10. The van der Waals surface area contributed by atoms with Crippen molar-refractivity contribution in [3.05, 3.63) is 84.2 Å². The largest absolute Gasteiger partial charge is 0.207 e. The van der Waals surface area contributed by atoms with E-state index in [0.717, 1.165) is 11.1 Å². The van der Waals surface area contributed by atoms with Crippen molar-refractivity contribution in [3.63, 3.8) is 0 Å². The van der Waals surface area contributed by atoms with Crippen LogP contribution in [0.1, 0.15) is 0 Å². The van der Waals surface area contributed by atoms with Crippen LogP contribution >= 0.6 is 0 Å². The number of benzene rings is 3. The third kappa shape index (κ3) is 2.82. The molecule has 0 N–H and O–H groups in total. The van der Waals surface area contributed by atoms with Gasteiger partial charge in [0, 0.05) is 0 Å². The first-order valence-electron chi connectivity index (χ1n) is 6.45. The van der Waals surface area contributed by atoms with Gasteiger partial charge in [-0.1, -0.05) is 30.3 Å². The van der Waals surface area contributed by atoms with E-state index in [9.17, 15) is 13.2 Å². The summed E-state index contributed by atoms with van der Waals surface area (Å²) in [5.41, 5.74) is 2.88. The standard InChI is InChI=1S/C18H11F3/c19-14-5-1-12(2-6-14)17-10-9-16(21)11-18(17)13-3-7-15(20)8-4-13/h1-11H. The fourth-order valence-corrected chi connectivity index (χ4v) is 2.27. The fourth-order valence-electron chi connectivity index (χ4n) is 2.27. The van der Waals surface area contributed by atoms with Crippen molar-refractivity contribution < 1.29 is 13.2 Å². The van der Waals surface area contributed by atoms with Crippen LogP contribution in [-0.4, -0.2) is 0 Å². The van der Waals surface area contributed by atoms with Gasteiger partial charge in [0.2, 0.25) is 0 Å². The molecule has 0 aliphatic rings. The molecular weight excluding hydrogens is 273 g/mol. The molecule has 0 aliphatic heterocycles. The number of rotatable bonds is 2. The van der Waals surface area contributed by atoms with Gasteiger partial charge in [-0.25, -0.2) is 13.2 Å². The Balaban J connectivity index is 2.17. The van der Waals surface area contributed by atoms with Crippen LogP contribution in [0.5, 0.6) is 0 Å². The number of hydrogen-bond acceptors (Lipinski definition) is 0. The highest BCUT2D eigenvalue weighted by atomic mass is 19.1. The van der Waals surface area contributed by atoms with Gasteiger partial charge in [-0.2, -0.15) is 0 Å². The Hall–Kier alpha value is -2.55. The molecule has 21 heavy (non-hydrogen) atoms. The van der Waals surface area contributed by atoms with Crippen molar-refractivity contribution in [2.45, 2.75) is 0 Å². The van der Waals surface area contributed by atoms with Crippen molar-refractivity contribution in [2.24, 2.45) is 0 Å². The summed E-state index contributed by atoms with van der Waals surface area (Å²) in [5, 5.41) is 0. The molecule has 0 radical (unpaired) electrons. The molecule has 0 aliphatic carbocycles. The Kier molecular flexibility index (Phi) is 3.48. The SMILES string of the molecule is Fc1ccc(-c2ccc(F)cc2-c2ccc(F)cc2)cc1. The van der Waals surface area contributed by atoms with E-state index in [1.165, 1.54) is 36.4 Å². The lowest BCUT2D eigenvalue weighted by Crippen LogP contribution is -1.88. The normalized spacial score (nSPS) is 10.6. The Morgan fingerprint density at radius 1 is 0.429 bits per heavy atom. The molecule has 0 spiro atoms. The maximum Gasteiger partial charge on any atom is 0.123 e. The highest BCUT2D eigenvalue weighted by Gasteiger charge is 2.09. The van der Waals surface area contributed by atoms with E-state index in [1.807, 2.05) is 0 Å². The summed E-state index contributed by atoms with van der Waals surface area (Å²) in [5.74, 6) is -1.05. The van der Waals surface area contributed by atoms with E-state index in [4.69, 9.17) is 0 Å². The molecule has 0 bridgehead atoms.